The highest BCUT2D eigenvalue weighted by Gasteiger charge is 2.39. The van der Waals surface area contributed by atoms with E-state index in [1.54, 1.807) is 17.9 Å². The average Bonchev–Trinajstić information content (AvgIpc) is 3.10. The first-order valence-electron chi connectivity index (χ1n) is 8.48. The molecule has 0 radical (unpaired) electrons. The van der Waals surface area contributed by atoms with Crippen LogP contribution in [0.3, 0.4) is 0 Å². The molecule has 1 fully saturated rings. The Labute approximate surface area is 153 Å². The topological polar surface area (TPSA) is 99.3 Å². The fourth-order valence-electron chi connectivity index (χ4n) is 3.44. The van der Waals surface area contributed by atoms with Crippen LogP contribution < -0.4 is 0 Å². The maximum atomic E-state index is 13.2. The summed E-state index contributed by atoms with van der Waals surface area (Å²) in [6.07, 6.45) is 1.38. The van der Waals surface area contributed by atoms with Gasteiger partial charge in [-0.3, -0.25) is 9.89 Å². The number of benzene rings is 1. The molecule has 0 aliphatic carbocycles. The van der Waals surface area contributed by atoms with E-state index in [2.05, 4.69) is 15.4 Å². The Bertz CT molecular complexity index is 898. The number of aromatic nitrogens is 3. The van der Waals surface area contributed by atoms with Gasteiger partial charge in [0.05, 0.1) is 11.1 Å². The summed E-state index contributed by atoms with van der Waals surface area (Å²) in [5.74, 6) is -0.223. The summed E-state index contributed by atoms with van der Waals surface area (Å²) >= 11 is 0. The van der Waals surface area contributed by atoms with Crippen molar-refractivity contribution in [1.29, 1.82) is 0 Å². The first-order chi connectivity index (χ1) is 12.2. The largest absolute Gasteiger partial charge is 0.329 e. The normalized spacial score (nSPS) is 21.8. The molecule has 1 aliphatic rings. The zero-order valence-electron chi connectivity index (χ0n) is 15.3. The number of rotatable bonds is 3. The highest BCUT2D eigenvalue weighted by Crippen LogP contribution is 2.26. The molecule has 3 rings (SSSR count). The lowest BCUT2D eigenvalue weighted by Gasteiger charge is -2.43. The Balaban J connectivity index is 1.87. The lowest BCUT2D eigenvalue weighted by atomic mass is 10.1. The third-order valence-electron chi connectivity index (χ3n) is 4.73. The number of hydrogen-bond donors (Lipinski definition) is 1. The van der Waals surface area contributed by atoms with Gasteiger partial charge in [-0.2, -0.15) is 4.31 Å². The molecule has 1 aromatic carbocycles. The van der Waals surface area contributed by atoms with Gasteiger partial charge in [-0.15, -0.1) is 5.10 Å². The van der Waals surface area contributed by atoms with E-state index in [0.29, 0.717) is 10.6 Å². The number of sulfonamides is 1. The van der Waals surface area contributed by atoms with E-state index in [4.69, 9.17) is 0 Å². The van der Waals surface area contributed by atoms with Crippen molar-refractivity contribution in [2.45, 2.75) is 44.7 Å². The Morgan fingerprint density at radius 3 is 2.42 bits per heavy atom. The Morgan fingerprint density at radius 2 is 1.85 bits per heavy atom. The van der Waals surface area contributed by atoms with E-state index in [1.807, 2.05) is 32.9 Å². The molecule has 1 aliphatic heterocycles. The van der Waals surface area contributed by atoms with Gasteiger partial charge in [0, 0.05) is 25.2 Å². The molecule has 2 atom stereocenters. The van der Waals surface area contributed by atoms with Crippen LogP contribution in [0.4, 0.5) is 0 Å². The van der Waals surface area contributed by atoms with Gasteiger partial charge in [-0.25, -0.2) is 8.42 Å². The summed E-state index contributed by atoms with van der Waals surface area (Å²) in [4.78, 5) is 14.7. The lowest BCUT2D eigenvalue weighted by Crippen LogP contribution is -2.59. The van der Waals surface area contributed by atoms with Crippen LogP contribution in [0.15, 0.2) is 29.3 Å². The molecule has 9 heteroatoms. The van der Waals surface area contributed by atoms with Crippen LogP contribution in [0.2, 0.25) is 0 Å². The van der Waals surface area contributed by atoms with Gasteiger partial charge >= 0.3 is 0 Å². The molecule has 26 heavy (non-hydrogen) atoms. The number of carbonyl (C=O) groups excluding carboxylic acids is 1. The number of H-pyrrole nitrogens is 1. The number of nitrogens with zero attached hydrogens (tertiary/aromatic N) is 4. The van der Waals surface area contributed by atoms with Crippen molar-refractivity contribution in [2.75, 3.05) is 13.1 Å². The van der Waals surface area contributed by atoms with Crippen LogP contribution in [0.1, 0.15) is 35.5 Å². The van der Waals surface area contributed by atoms with Crippen molar-refractivity contribution in [2.24, 2.45) is 0 Å². The van der Waals surface area contributed by atoms with Crippen molar-refractivity contribution in [3.05, 3.63) is 41.2 Å². The second-order valence-electron chi connectivity index (χ2n) is 6.87. The van der Waals surface area contributed by atoms with Crippen LogP contribution in [-0.4, -0.2) is 64.1 Å². The number of aromatic amines is 1. The molecule has 0 spiro atoms. The minimum atomic E-state index is -3.62. The standard InChI is InChI=1S/C17H23N5O3S/c1-11-5-6-12(2)16(7-11)26(24,25)21-9-13(3)22(14(4)10-21)17(23)15-8-18-20-19-15/h5-8,13-14H,9-10H2,1-4H3,(H,18,19,20)/t13-,14+. The SMILES string of the molecule is Cc1ccc(C)c(S(=O)(=O)N2C[C@@H](C)N(C(=O)c3cnn[nH]3)[C@@H](C)C2)c1. The molecule has 0 saturated carbocycles. The molecular weight excluding hydrogens is 354 g/mol. The van der Waals surface area contributed by atoms with E-state index >= 15 is 0 Å². The summed E-state index contributed by atoms with van der Waals surface area (Å²) in [5, 5.41) is 9.78. The summed E-state index contributed by atoms with van der Waals surface area (Å²) < 4.78 is 27.8. The Kier molecular flexibility index (Phi) is 4.85. The van der Waals surface area contributed by atoms with Gasteiger partial charge in [0.2, 0.25) is 10.0 Å². The second-order valence-corrected chi connectivity index (χ2v) is 8.78. The molecule has 0 unspecified atom stereocenters. The van der Waals surface area contributed by atoms with Crippen molar-refractivity contribution >= 4 is 15.9 Å². The second kappa shape index (κ2) is 6.81. The van der Waals surface area contributed by atoms with Gasteiger partial charge < -0.3 is 4.90 Å². The summed E-state index contributed by atoms with van der Waals surface area (Å²) in [6, 6.07) is 4.88. The quantitative estimate of drug-likeness (QED) is 0.870. The molecule has 2 aromatic rings. The van der Waals surface area contributed by atoms with Crippen LogP contribution in [0, 0.1) is 13.8 Å². The summed E-state index contributed by atoms with van der Waals surface area (Å²) in [7, 11) is -3.62. The minimum Gasteiger partial charge on any atom is -0.329 e. The summed E-state index contributed by atoms with van der Waals surface area (Å²) in [5.41, 5.74) is 1.92. The number of nitrogens with one attached hydrogen (secondary N) is 1. The highest BCUT2D eigenvalue weighted by molar-refractivity contribution is 7.89. The predicted octanol–water partition coefficient (Wildman–Crippen LogP) is 1.35. The fourth-order valence-corrected chi connectivity index (χ4v) is 5.35. The first-order valence-corrected chi connectivity index (χ1v) is 9.92. The number of piperazine rings is 1. The maximum absolute atomic E-state index is 13.2. The number of hydrogen-bond acceptors (Lipinski definition) is 5. The zero-order valence-corrected chi connectivity index (χ0v) is 16.1. The minimum absolute atomic E-state index is 0.223. The first kappa shape index (κ1) is 18.5. The number of carbonyl (C=O) groups is 1. The Hall–Kier alpha value is -2.26. The fraction of sp³-hybridized carbons (Fsp3) is 0.471. The number of amides is 1. The molecule has 1 saturated heterocycles. The summed E-state index contributed by atoms with van der Waals surface area (Å²) in [6.45, 7) is 7.86. The van der Waals surface area contributed by atoms with E-state index < -0.39 is 10.0 Å². The molecule has 140 valence electrons. The van der Waals surface area contributed by atoms with Crippen molar-refractivity contribution in [3.63, 3.8) is 0 Å². The predicted molar refractivity (Wildman–Crippen MR) is 96.2 cm³/mol. The van der Waals surface area contributed by atoms with Crippen LogP contribution in [-0.2, 0) is 10.0 Å². The number of aryl methyl sites for hydroxylation is 2. The molecule has 1 N–H and O–H groups in total. The monoisotopic (exact) mass is 377 g/mol. The van der Waals surface area contributed by atoms with Crippen molar-refractivity contribution in [3.8, 4) is 0 Å². The lowest BCUT2D eigenvalue weighted by molar-refractivity contribution is 0.0434. The molecule has 1 aromatic heterocycles. The Morgan fingerprint density at radius 1 is 1.19 bits per heavy atom. The van der Waals surface area contributed by atoms with Gasteiger partial charge in [0.1, 0.15) is 5.69 Å². The van der Waals surface area contributed by atoms with Gasteiger partial charge in [0.25, 0.3) is 5.91 Å². The van der Waals surface area contributed by atoms with Crippen LogP contribution in [0.5, 0.6) is 0 Å². The molecule has 8 nitrogen and oxygen atoms in total. The van der Waals surface area contributed by atoms with Crippen molar-refractivity contribution in [1.82, 2.24) is 24.6 Å². The van der Waals surface area contributed by atoms with E-state index in [-0.39, 0.29) is 31.1 Å². The van der Waals surface area contributed by atoms with Gasteiger partial charge in [0.15, 0.2) is 0 Å². The van der Waals surface area contributed by atoms with Gasteiger partial charge in [-0.1, -0.05) is 17.3 Å². The molecule has 2 heterocycles. The third-order valence-corrected chi connectivity index (χ3v) is 6.70. The molecular formula is C17H23N5O3S. The molecule has 0 bridgehead atoms. The van der Waals surface area contributed by atoms with Crippen LogP contribution in [0.25, 0.3) is 0 Å². The molecule has 1 amide bonds. The maximum Gasteiger partial charge on any atom is 0.274 e. The smallest absolute Gasteiger partial charge is 0.274 e. The zero-order chi connectivity index (χ0) is 19.1. The van der Waals surface area contributed by atoms with E-state index in [9.17, 15) is 13.2 Å². The highest BCUT2D eigenvalue weighted by atomic mass is 32.2. The van der Waals surface area contributed by atoms with Crippen molar-refractivity contribution < 1.29 is 13.2 Å². The van der Waals surface area contributed by atoms with E-state index in [0.717, 1.165) is 11.1 Å². The van der Waals surface area contributed by atoms with E-state index in [1.165, 1.54) is 10.5 Å². The van der Waals surface area contributed by atoms with Gasteiger partial charge in [-0.05, 0) is 44.9 Å². The third kappa shape index (κ3) is 3.24. The van der Waals surface area contributed by atoms with Crippen LogP contribution >= 0.6 is 0 Å². The average molecular weight is 377 g/mol.